The third-order valence-electron chi connectivity index (χ3n) is 2.20. The molecule has 0 aromatic carbocycles. The van der Waals surface area contributed by atoms with Crippen LogP contribution in [-0.4, -0.2) is 28.8 Å². The highest BCUT2D eigenvalue weighted by atomic mass is 16.5. The normalized spacial score (nSPS) is 11.1. The first kappa shape index (κ1) is 13.0. The molecule has 0 amide bonds. The molecule has 0 saturated heterocycles. The lowest BCUT2D eigenvalue weighted by Gasteiger charge is -2.10. The van der Waals surface area contributed by atoms with E-state index in [1.165, 1.54) is 0 Å². The number of hydrogen-bond donors (Lipinski definition) is 1. The van der Waals surface area contributed by atoms with Crippen LogP contribution in [0, 0.1) is 6.92 Å². The zero-order chi connectivity index (χ0) is 12.0. The third kappa shape index (κ3) is 4.23. The molecule has 92 valence electrons. The summed E-state index contributed by atoms with van der Waals surface area (Å²) >= 11 is 0. The molecule has 1 aromatic rings. The van der Waals surface area contributed by atoms with Crippen molar-refractivity contribution in [3.05, 3.63) is 11.9 Å². The first-order valence-corrected chi connectivity index (χ1v) is 6.02. The van der Waals surface area contributed by atoms with E-state index in [0.717, 1.165) is 37.8 Å². The van der Waals surface area contributed by atoms with Crippen molar-refractivity contribution in [3.63, 3.8) is 0 Å². The molecule has 4 nitrogen and oxygen atoms in total. The molecule has 1 aromatic heterocycles. The molecule has 0 aliphatic rings. The summed E-state index contributed by atoms with van der Waals surface area (Å²) in [4.78, 5) is 4.44. The smallest absolute Gasteiger partial charge is 0.203 e. The number of ether oxygens (including phenoxy) is 1. The Morgan fingerprint density at radius 2 is 2.25 bits per heavy atom. The Labute approximate surface area is 98.0 Å². The van der Waals surface area contributed by atoms with Crippen LogP contribution in [0.2, 0.25) is 0 Å². The van der Waals surface area contributed by atoms with Gasteiger partial charge in [0, 0.05) is 19.3 Å². The van der Waals surface area contributed by atoms with Gasteiger partial charge in [0.2, 0.25) is 5.95 Å². The minimum atomic E-state index is 0.291. The quantitative estimate of drug-likeness (QED) is 0.724. The number of hydrogen-bond acceptors (Lipinski definition) is 3. The fraction of sp³-hybridized carbons (Fsp3) is 0.750. The van der Waals surface area contributed by atoms with Crippen LogP contribution >= 0.6 is 0 Å². The molecule has 0 aliphatic heterocycles. The van der Waals surface area contributed by atoms with Crippen LogP contribution < -0.4 is 5.32 Å². The largest absolute Gasteiger partial charge is 0.377 e. The Balaban J connectivity index is 2.40. The Morgan fingerprint density at radius 1 is 1.50 bits per heavy atom. The summed E-state index contributed by atoms with van der Waals surface area (Å²) in [5.41, 5.74) is 1.06. The molecule has 1 rings (SSSR count). The van der Waals surface area contributed by atoms with E-state index in [4.69, 9.17) is 4.74 Å². The Hall–Kier alpha value is -1.03. The number of aryl methyl sites for hydroxylation is 2. The number of anilines is 1. The van der Waals surface area contributed by atoms with Crippen molar-refractivity contribution in [3.8, 4) is 0 Å². The Kier molecular flexibility index (Phi) is 5.32. The second-order valence-corrected chi connectivity index (χ2v) is 4.25. The van der Waals surface area contributed by atoms with Crippen LogP contribution in [0.4, 0.5) is 5.95 Å². The summed E-state index contributed by atoms with van der Waals surface area (Å²) in [7, 11) is 0. The summed E-state index contributed by atoms with van der Waals surface area (Å²) < 4.78 is 7.63. The molecule has 4 heteroatoms. The maximum atomic E-state index is 5.47. The highest BCUT2D eigenvalue weighted by Gasteiger charge is 2.03. The number of nitrogens with one attached hydrogen (secondary N) is 1. The van der Waals surface area contributed by atoms with E-state index in [1.54, 1.807) is 0 Å². The summed E-state index contributed by atoms with van der Waals surface area (Å²) in [5.74, 6) is 0.951. The van der Waals surface area contributed by atoms with E-state index in [-0.39, 0.29) is 0 Å². The van der Waals surface area contributed by atoms with Crippen molar-refractivity contribution in [2.75, 3.05) is 18.5 Å². The van der Waals surface area contributed by atoms with Gasteiger partial charge in [0.25, 0.3) is 0 Å². The average molecular weight is 225 g/mol. The van der Waals surface area contributed by atoms with Gasteiger partial charge < -0.3 is 14.6 Å². The minimum absolute atomic E-state index is 0.291. The molecule has 0 aliphatic carbocycles. The van der Waals surface area contributed by atoms with Crippen molar-refractivity contribution in [2.24, 2.45) is 0 Å². The van der Waals surface area contributed by atoms with Crippen LogP contribution in [-0.2, 0) is 11.3 Å². The summed E-state index contributed by atoms with van der Waals surface area (Å²) in [6, 6.07) is 0. The average Bonchev–Trinajstić information content (AvgIpc) is 2.54. The van der Waals surface area contributed by atoms with Gasteiger partial charge in [0.05, 0.1) is 18.4 Å². The van der Waals surface area contributed by atoms with Gasteiger partial charge in [0.1, 0.15) is 0 Å². The molecule has 0 unspecified atom stereocenters. The first-order valence-electron chi connectivity index (χ1n) is 6.02. The van der Waals surface area contributed by atoms with Crippen molar-refractivity contribution >= 4 is 5.95 Å². The molecular formula is C12H23N3O. The Bertz CT molecular complexity index is 307. The highest BCUT2D eigenvalue weighted by molar-refractivity contribution is 5.28. The second-order valence-electron chi connectivity index (χ2n) is 4.25. The maximum Gasteiger partial charge on any atom is 0.203 e. The van der Waals surface area contributed by atoms with Crippen LogP contribution in [0.5, 0.6) is 0 Å². The molecule has 0 radical (unpaired) electrons. The lowest BCUT2D eigenvalue weighted by Crippen LogP contribution is -2.15. The molecular weight excluding hydrogens is 202 g/mol. The van der Waals surface area contributed by atoms with Crippen molar-refractivity contribution in [2.45, 2.75) is 46.8 Å². The maximum absolute atomic E-state index is 5.47. The van der Waals surface area contributed by atoms with E-state index < -0.39 is 0 Å². The zero-order valence-corrected chi connectivity index (χ0v) is 10.8. The SMILES string of the molecule is CCCn1cc(C)nc1NCCOC(C)C. The van der Waals surface area contributed by atoms with Gasteiger partial charge in [-0.3, -0.25) is 0 Å². The zero-order valence-electron chi connectivity index (χ0n) is 10.8. The number of rotatable bonds is 7. The van der Waals surface area contributed by atoms with Gasteiger partial charge in [-0.05, 0) is 27.2 Å². The number of nitrogens with zero attached hydrogens (tertiary/aromatic N) is 2. The van der Waals surface area contributed by atoms with E-state index >= 15 is 0 Å². The minimum Gasteiger partial charge on any atom is -0.377 e. The van der Waals surface area contributed by atoms with Crippen molar-refractivity contribution in [1.82, 2.24) is 9.55 Å². The topological polar surface area (TPSA) is 39.1 Å². The second kappa shape index (κ2) is 6.53. The molecule has 0 fully saturated rings. The van der Waals surface area contributed by atoms with Gasteiger partial charge in [0.15, 0.2) is 0 Å². The third-order valence-corrected chi connectivity index (χ3v) is 2.20. The van der Waals surface area contributed by atoms with E-state index in [9.17, 15) is 0 Å². The lowest BCUT2D eigenvalue weighted by atomic mass is 10.5. The van der Waals surface area contributed by atoms with Gasteiger partial charge >= 0.3 is 0 Å². The monoisotopic (exact) mass is 225 g/mol. The van der Waals surface area contributed by atoms with E-state index in [1.807, 2.05) is 20.8 Å². The fourth-order valence-corrected chi connectivity index (χ4v) is 1.56. The van der Waals surface area contributed by atoms with Crippen LogP contribution in [0.25, 0.3) is 0 Å². The molecule has 0 spiro atoms. The fourth-order valence-electron chi connectivity index (χ4n) is 1.56. The van der Waals surface area contributed by atoms with Gasteiger partial charge in [-0.2, -0.15) is 0 Å². The van der Waals surface area contributed by atoms with Gasteiger partial charge in [-0.25, -0.2) is 4.98 Å². The summed E-state index contributed by atoms with van der Waals surface area (Å²) in [5, 5.41) is 3.30. The number of aromatic nitrogens is 2. The molecule has 0 saturated carbocycles. The summed E-state index contributed by atoms with van der Waals surface area (Å²) in [6.45, 7) is 10.8. The van der Waals surface area contributed by atoms with Crippen LogP contribution in [0.15, 0.2) is 6.20 Å². The highest BCUT2D eigenvalue weighted by Crippen LogP contribution is 2.08. The predicted octanol–water partition coefficient (Wildman–Crippen LogP) is 2.44. The van der Waals surface area contributed by atoms with E-state index in [2.05, 4.69) is 28.0 Å². The predicted molar refractivity (Wildman–Crippen MR) is 66.8 cm³/mol. The Morgan fingerprint density at radius 3 is 2.88 bits per heavy atom. The molecule has 1 N–H and O–H groups in total. The van der Waals surface area contributed by atoms with Crippen molar-refractivity contribution in [1.29, 1.82) is 0 Å². The number of imidazole rings is 1. The van der Waals surface area contributed by atoms with Gasteiger partial charge in [-0.15, -0.1) is 0 Å². The lowest BCUT2D eigenvalue weighted by molar-refractivity contribution is 0.0869. The molecule has 0 atom stereocenters. The molecule has 16 heavy (non-hydrogen) atoms. The molecule has 0 bridgehead atoms. The molecule has 1 heterocycles. The van der Waals surface area contributed by atoms with Crippen LogP contribution in [0.3, 0.4) is 0 Å². The van der Waals surface area contributed by atoms with Crippen LogP contribution in [0.1, 0.15) is 32.9 Å². The van der Waals surface area contributed by atoms with Gasteiger partial charge in [-0.1, -0.05) is 6.92 Å². The summed E-state index contributed by atoms with van der Waals surface area (Å²) in [6.07, 6.45) is 3.49. The first-order chi connectivity index (χ1) is 7.63. The van der Waals surface area contributed by atoms with E-state index in [0.29, 0.717) is 6.10 Å². The standard InChI is InChI=1S/C12H23N3O/c1-5-7-15-9-11(4)14-12(15)13-6-8-16-10(2)3/h9-10H,5-8H2,1-4H3,(H,13,14). The van der Waals surface area contributed by atoms with Crippen molar-refractivity contribution < 1.29 is 4.74 Å².